The molecule has 0 aromatic rings. The van der Waals surface area contributed by atoms with E-state index in [0.717, 1.165) is 26.2 Å². The molecule has 0 aromatic carbocycles. The molecule has 0 bridgehead atoms. The SMILES string of the molecule is CCN(CC)C(=O)C(C)N1CCCCC1CNC. The molecule has 4 heteroatoms. The third kappa shape index (κ3) is 3.69. The molecule has 2 unspecified atom stereocenters. The lowest BCUT2D eigenvalue weighted by Crippen LogP contribution is -2.54. The molecule has 1 aliphatic rings. The molecule has 1 saturated heterocycles. The summed E-state index contributed by atoms with van der Waals surface area (Å²) in [7, 11) is 1.99. The maximum absolute atomic E-state index is 12.4. The van der Waals surface area contributed by atoms with Gasteiger partial charge in [-0.25, -0.2) is 0 Å². The summed E-state index contributed by atoms with van der Waals surface area (Å²) in [6.45, 7) is 9.82. The van der Waals surface area contributed by atoms with Gasteiger partial charge in [-0.3, -0.25) is 9.69 Å². The first-order valence-corrected chi connectivity index (χ1v) is 7.34. The Morgan fingerprint density at radius 2 is 2.06 bits per heavy atom. The highest BCUT2D eigenvalue weighted by molar-refractivity contribution is 5.81. The van der Waals surface area contributed by atoms with Crippen molar-refractivity contribution in [1.29, 1.82) is 0 Å². The average Bonchev–Trinajstić information content (AvgIpc) is 2.40. The van der Waals surface area contributed by atoms with E-state index in [1.165, 1.54) is 19.3 Å². The van der Waals surface area contributed by atoms with Gasteiger partial charge < -0.3 is 10.2 Å². The number of rotatable bonds is 6. The molecule has 18 heavy (non-hydrogen) atoms. The van der Waals surface area contributed by atoms with Crippen LogP contribution in [0, 0.1) is 0 Å². The molecule has 2 atom stereocenters. The summed E-state index contributed by atoms with van der Waals surface area (Å²) in [6, 6.07) is 0.529. The molecular weight excluding hydrogens is 226 g/mol. The third-order valence-corrected chi connectivity index (χ3v) is 4.04. The van der Waals surface area contributed by atoms with Crippen LogP contribution in [0.2, 0.25) is 0 Å². The highest BCUT2D eigenvalue weighted by Crippen LogP contribution is 2.20. The molecule has 1 aliphatic heterocycles. The zero-order chi connectivity index (χ0) is 13.5. The smallest absolute Gasteiger partial charge is 0.239 e. The van der Waals surface area contributed by atoms with Crippen molar-refractivity contribution in [2.45, 2.75) is 52.1 Å². The van der Waals surface area contributed by atoms with Gasteiger partial charge >= 0.3 is 0 Å². The Hall–Kier alpha value is -0.610. The summed E-state index contributed by atoms with van der Waals surface area (Å²) >= 11 is 0. The minimum atomic E-state index is 0.0172. The number of nitrogens with one attached hydrogen (secondary N) is 1. The molecule has 1 N–H and O–H groups in total. The second kappa shape index (κ2) is 7.74. The molecule has 4 nitrogen and oxygen atoms in total. The van der Waals surface area contributed by atoms with Gasteiger partial charge in [0.2, 0.25) is 5.91 Å². The van der Waals surface area contributed by atoms with E-state index in [2.05, 4.69) is 31.0 Å². The highest BCUT2D eigenvalue weighted by atomic mass is 16.2. The normalized spacial score (nSPS) is 22.8. The number of nitrogens with zero attached hydrogens (tertiary/aromatic N) is 2. The van der Waals surface area contributed by atoms with Crippen molar-refractivity contribution >= 4 is 5.91 Å². The number of carbonyl (C=O) groups is 1. The number of likely N-dealkylation sites (N-methyl/N-ethyl adjacent to an activating group) is 2. The Bertz CT molecular complexity index is 251. The maximum Gasteiger partial charge on any atom is 0.239 e. The molecule has 0 saturated carbocycles. The summed E-state index contributed by atoms with van der Waals surface area (Å²) in [4.78, 5) is 16.7. The summed E-state index contributed by atoms with van der Waals surface area (Å²) in [6.07, 6.45) is 3.71. The van der Waals surface area contributed by atoms with Gasteiger partial charge in [0.05, 0.1) is 6.04 Å². The van der Waals surface area contributed by atoms with E-state index in [9.17, 15) is 4.79 Å². The average molecular weight is 255 g/mol. The minimum Gasteiger partial charge on any atom is -0.342 e. The monoisotopic (exact) mass is 255 g/mol. The number of piperidine rings is 1. The Balaban J connectivity index is 2.66. The quantitative estimate of drug-likeness (QED) is 0.777. The zero-order valence-corrected chi connectivity index (χ0v) is 12.4. The van der Waals surface area contributed by atoms with Crippen LogP contribution in [-0.2, 0) is 4.79 Å². The van der Waals surface area contributed by atoms with Crippen molar-refractivity contribution in [2.75, 3.05) is 33.2 Å². The van der Waals surface area contributed by atoms with E-state index in [1.807, 2.05) is 11.9 Å². The number of hydrogen-bond acceptors (Lipinski definition) is 3. The van der Waals surface area contributed by atoms with Gasteiger partial charge in [-0.15, -0.1) is 0 Å². The number of likely N-dealkylation sites (tertiary alicyclic amines) is 1. The topological polar surface area (TPSA) is 35.6 Å². The second-order valence-electron chi connectivity index (χ2n) is 5.13. The van der Waals surface area contributed by atoms with Crippen LogP contribution in [0.25, 0.3) is 0 Å². The molecule has 0 aliphatic carbocycles. The fraction of sp³-hybridized carbons (Fsp3) is 0.929. The lowest BCUT2D eigenvalue weighted by atomic mass is 9.99. The predicted octanol–water partition coefficient (Wildman–Crippen LogP) is 1.32. The standard InChI is InChI=1S/C14H29N3O/c1-5-16(6-2)14(18)12(3)17-10-8-7-9-13(17)11-15-4/h12-13,15H,5-11H2,1-4H3. The van der Waals surface area contributed by atoms with Crippen molar-refractivity contribution in [3.05, 3.63) is 0 Å². The van der Waals surface area contributed by atoms with Crippen molar-refractivity contribution in [2.24, 2.45) is 0 Å². The Morgan fingerprint density at radius 1 is 1.39 bits per heavy atom. The van der Waals surface area contributed by atoms with Gasteiger partial charge in [-0.2, -0.15) is 0 Å². The molecule has 106 valence electrons. The van der Waals surface area contributed by atoms with E-state index in [-0.39, 0.29) is 11.9 Å². The van der Waals surface area contributed by atoms with Crippen LogP contribution in [0.5, 0.6) is 0 Å². The first-order chi connectivity index (χ1) is 8.65. The van der Waals surface area contributed by atoms with E-state index < -0.39 is 0 Å². The summed E-state index contributed by atoms with van der Waals surface area (Å²) in [5.74, 6) is 0.281. The van der Waals surface area contributed by atoms with Gasteiger partial charge in [-0.1, -0.05) is 6.42 Å². The minimum absolute atomic E-state index is 0.0172. The Labute approximate surface area is 112 Å². The van der Waals surface area contributed by atoms with Gasteiger partial charge in [0, 0.05) is 25.7 Å². The Morgan fingerprint density at radius 3 is 2.61 bits per heavy atom. The fourth-order valence-corrected chi connectivity index (χ4v) is 2.93. The molecule has 1 amide bonds. The van der Waals surface area contributed by atoms with Crippen LogP contribution < -0.4 is 5.32 Å². The second-order valence-corrected chi connectivity index (χ2v) is 5.13. The predicted molar refractivity (Wildman–Crippen MR) is 75.7 cm³/mol. The van der Waals surface area contributed by atoms with E-state index in [0.29, 0.717) is 6.04 Å². The number of carbonyl (C=O) groups excluding carboxylic acids is 1. The molecular formula is C14H29N3O. The largest absolute Gasteiger partial charge is 0.342 e. The third-order valence-electron chi connectivity index (χ3n) is 4.04. The summed E-state index contributed by atoms with van der Waals surface area (Å²) in [5.41, 5.74) is 0. The molecule has 0 radical (unpaired) electrons. The van der Waals surface area contributed by atoms with E-state index in [1.54, 1.807) is 0 Å². The lowest BCUT2D eigenvalue weighted by Gasteiger charge is -2.40. The van der Waals surface area contributed by atoms with Gasteiger partial charge in [0.1, 0.15) is 0 Å². The first kappa shape index (κ1) is 15.4. The van der Waals surface area contributed by atoms with Crippen LogP contribution in [0.1, 0.15) is 40.0 Å². The van der Waals surface area contributed by atoms with Crippen molar-refractivity contribution in [3.8, 4) is 0 Å². The van der Waals surface area contributed by atoms with Gasteiger partial charge in [0.15, 0.2) is 0 Å². The maximum atomic E-state index is 12.4. The number of hydrogen-bond donors (Lipinski definition) is 1. The van der Waals surface area contributed by atoms with Crippen LogP contribution in [-0.4, -0.2) is 61.0 Å². The highest BCUT2D eigenvalue weighted by Gasteiger charge is 2.31. The van der Waals surface area contributed by atoms with Gasteiger partial charge in [0.25, 0.3) is 0 Å². The van der Waals surface area contributed by atoms with Crippen LogP contribution in [0.3, 0.4) is 0 Å². The lowest BCUT2D eigenvalue weighted by molar-refractivity contribution is -0.137. The molecule has 0 spiro atoms. The molecule has 1 heterocycles. The Kier molecular flexibility index (Phi) is 6.65. The van der Waals surface area contributed by atoms with Crippen molar-refractivity contribution in [1.82, 2.24) is 15.1 Å². The summed E-state index contributed by atoms with van der Waals surface area (Å²) < 4.78 is 0. The fourth-order valence-electron chi connectivity index (χ4n) is 2.93. The first-order valence-electron chi connectivity index (χ1n) is 7.34. The summed E-state index contributed by atoms with van der Waals surface area (Å²) in [5, 5.41) is 3.25. The van der Waals surface area contributed by atoms with Crippen LogP contribution >= 0.6 is 0 Å². The molecule has 1 rings (SSSR count). The zero-order valence-electron chi connectivity index (χ0n) is 12.4. The van der Waals surface area contributed by atoms with E-state index in [4.69, 9.17) is 0 Å². The van der Waals surface area contributed by atoms with E-state index >= 15 is 0 Å². The number of amides is 1. The van der Waals surface area contributed by atoms with Crippen LogP contribution in [0.15, 0.2) is 0 Å². The van der Waals surface area contributed by atoms with Crippen molar-refractivity contribution < 1.29 is 4.79 Å². The molecule has 0 aromatic heterocycles. The van der Waals surface area contributed by atoms with Crippen LogP contribution in [0.4, 0.5) is 0 Å². The molecule has 1 fully saturated rings. The van der Waals surface area contributed by atoms with Gasteiger partial charge in [-0.05, 0) is 47.2 Å². The van der Waals surface area contributed by atoms with Crippen molar-refractivity contribution in [3.63, 3.8) is 0 Å².